The lowest BCUT2D eigenvalue weighted by Gasteiger charge is -2.34. The lowest BCUT2D eigenvalue weighted by atomic mass is 9.91. The smallest absolute Gasteiger partial charge is 0.305 e. The van der Waals surface area contributed by atoms with Crippen LogP contribution in [0, 0.1) is 23.7 Å². The van der Waals surface area contributed by atoms with E-state index >= 15 is 43.2 Å². The Balaban J connectivity index is 1.95. The van der Waals surface area contributed by atoms with E-state index in [2.05, 4.69) is 90.1 Å². The molecule has 147 heavy (non-hydrogen) atoms. The summed E-state index contributed by atoms with van der Waals surface area (Å²) in [6, 6.07) is -9.24. The number of aliphatic hydroxyl groups is 2. The monoisotopic (exact) mass is 2070 g/mol. The van der Waals surface area contributed by atoms with Crippen LogP contribution < -0.4 is 108 Å². The molecule has 3 aromatic rings. The normalized spacial score (nSPS) is 21.1. The molecule has 19 amide bonds. The van der Waals surface area contributed by atoms with Crippen LogP contribution in [-0.4, -0.2) is 276 Å². The summed E-state index contributed by atoms with van der Waals surface area (Å²) in [6.45, 7) is 17.6. The number of carbonyl (C=O) groups is 22. The number of aliphatic hydroxyl groups excluding tert-OH is 2. The number of hydrogen-bond donors (Lipinski definition) is 26. The number of H-pyrrole nitrogens is 1. The second-order valence-corrected chi connectivity index (χ2v) is 39.4. The number of aromatic nitrogens is 1. The van der Waals surface area contributed by atoms with Crippen molar-refractivity contribution in [1.29, 1.82) is 0 Å². The number of hydrogen-bond acceptors (Lipinski definition) is 25. The number of fused-ring (bicyclic) bond motifs is 1. The van der Waals surface area contributed by atoms with E-state index in [9.17, 15) is 87.9 Å². The molecule has 1 aliphatic heterocycles. The number of carbonyl (C=O) groups excluding carboxylic acids is 19. The molecule has 30 N–H and O–H groups in total. The van der Waals surface area contributed by atoms with Crippen LogP contribution in [-0.2, 0) is 118 Å². The molecule has 0 saturated carbocycles. The molecule has 2 heterocycles. The van der Waals surface area contributed by atoms with Crippen molar-refractivity contribution >= 4 is 141 Å². The molecule has 0 fully saturated rings. The minimum absolute atomic E-state index is 0.0579. The highest BCUT2D eigenvalue weighted by atomic mass is 16.4. The molecule has 48 nitrogen and oxygen atoms in total. The van der Waals surface area contributed by atoms with Gasteiger partial charge in [-0.3, -0.25) is 105 Å². The number of rotatable bonds is 49. The number of unbranched alkanes of at least 4 members (excludes halogenated alkanes) is 1. The van der Waals surface area contributed by atoms with Crippen LogP contribution in [0.1, 0.15) is 248 Å². The van der Waals surface area contributed by atoms with Gasteiger partial charge in [-0.05, 0) is 171 Å². The maximum atomic E-state index is 15.6. The van der Waals surface area contributed by atoms with Gasteiger partial charge in [0.1, 0.15) is 95.7 Å². The first kappa shape index (κ1) is 125. The number of allylic oxidation sites excluding steroid dienone is 2. The second kappa shape index (κ2) is 62.7. The molecule has 0 aliphatic carbocycles. The van der Waals surface area contributed by atoms with Crippen molar-refractivity contribution in [3.63, 3.8) is 0 Å². The van der Waals surface area contributed by atoms with Gasteiger partial charge >= 0.3 is 17.9 Å². The topological polar surface area (TPSA) is 789 Å². The number of nitrogens with two attached hydrogens (primary N) is 4. The number of aliphatic carboxylic acids is 3. The summed E-state index contributed by atoms with van der Waals surface area (Å²) in [6.07, 6.45) is -2.20. The van der Waals surface area contributed by atoms with E-state index in [1.165, 1.54) is 13.8 Å². The van der Waals surface area contributed by atoms with Crippen LogP contribution >= 0.6 is 0 Å². The Hall–Kier alpha value is -14.1. The van der Waals surface area contributed by atoms with Gasteiger partial charge in [0.2, 0.25) is 112 Å². The van der Waals surface area contributed by atoms with Crippen molar-refractivity contribution in [2.75, 3.05) is 13.2 Å². The van der Waals surface area contributed by atoms with Gasteiger partial charge in [-0.2, -0.15) is 0 Å². The first-order chi connectivity index (χ1) is 69.1. The van der Waals surface area contributed by atoms with E-state index in [0.717, 1.165) is 13.8 Å². The minimum atomic E-state index is -2.24. The zero-order chi connectivity index (χ0) is 110. The van der Waals surface area contributed by atoms with Crippen molar-refractivity contribution in [3.05, 3.63) is 84.1 Å². The van der Waals surface area contributed by atoms with Crippen LogP contribution in [0.2, 0.25) is 0 Å². The molecule has 1 aromatic heterocycles. The van der Waals surface area contributed by atoms with Crippen molar-refractivity contribution in [3.8, 4) is 0 Å². The third kappa shape index (κ3) is 45.2. The fourth-order valence-electron chi connectivity index (χ4n) is 16.3. The zero-order valence-corrected chi connectivity index (χ0v) is 85.7. The number of primary amides is 3. The molecule has 0 saturated heterocycles. The fourth-order valence-corrected chi connectivity index (χ4v) is 16.3. The first-order valence-corrected chi connectivity index (χ1v) is 49.7. The highest BCUT2D eigenvalue weighted by Crippen LogP contribution is 2.25. The molecule has 4 rings (SSSR count). The van der Waals surface area contributed by atoms with Gasteiger partial charge in [0.05, 0.1) is 25.6 Å². The predicted molar refractivity (Wildman–Crippen MR) is 536 cm³/mol. The highest BCUT2D eigenvalue weighted by Gasteiger charge is 2.45. The van der Waals surface area contributed by atoms with Gasteiger partial charge < -0.3 is 139 Å². The third-order valence-electron chi connectivity index (χ3n) is 24.3. The lowest BCUT2D eigenvalue weighted by molar-refractivity contribution is -0.143. The molecule has 0 bridgehead atoms. The van der Waals surface area contributed by atoms with E-state index in [1.807, 2.05) is 0 Å². The maximum absolute atomic E-state index is 15.6. The average Bonchev–Trinajstić information content (AvgIpc) is 1.27. The van der Waals surface area contributed by atoms with Crippen LogP contribution in [0.3, 0.4) is 0 Å². The number of carboxylic acids is 3. The van der Waals surface area contributed by atoms with Crippen molar-refractivity contribution in [1.82, 2.24) is 90.1 Å². The highest BCUT2D eigenvalue weighted by molar-refractivity contribution is 6.03. The summed E-state index contributed by atoms with van der Waals surface area (Å²) in [5, 5.41) is 93.0. The molecule has 17 atom stereocenters. The molecule has 816 valence electrons. The Morgan fingerprint density at radius 3 is 1.44 bits per heavy atom. The van der Waals surface area contributed by atoms with Crippen LogP contribution in [0.15, 0.2) is 72.9 Å². The molecular weight excluding hydrogens is 1920 g/mol. The zero-order valence-electron chi connectivity index (χ0n) is 85.7. The molecule has 2 aromatic carbocycles. The molecule has 0 spiro atoms. The molecular formula is C99H153N21O27. The fraction of sp³-hybridized carbons (Fsp3) is 0.616. The number of amides is 19. The van der Waals surface area contributed by atoms with Crippen LogP contribution in [0.25, 0.3) is 10.9 Å². The van der Waals surface area contributed by atoms with Gasteiger partial charge in [-0.25, -0.2) is 0 Å². The number of aromatic amines is 1. The Labute approximate surface area is 853 Å². The maximum Gasteiger partial charge on any atom is 0.305 e. The number of benzene rings is 2. The van der Waals surface area contributed by atoms with Crippen molar-refractivity contribution in [2.24, 2.45) is 46.6 Å². The quantitative estimate of drug-likeness (QED) is 0.0217. The lowest BCUT2D eigenvalue weighted by Crippen LogP contribution is -2.65. The van der Waals surface area contributed by atoms with E-state index < -0.39 is 302 Å². The van der Waals surface area contributed by atoms with Crippen LogP contribution in [0.4, 0.5) is 0 Å². The summed E-state index contributed by atoms with van der Waals surface area (Å²) in [7, 11) is 0. The molecule has 0 unspecified atom stereocenters. The largest absolute Gasteiger partial charge is 0.481 e. The van der Waals surface area contributed by atoms with Crippen molar-refractivity contribution < 1.29 is 131 Å². The van der Waals surface area contributed by atoms with Gasteiger partial charge in [0, 0.05) is 56.1 Å². The second-order valence-electron chi connectivity index (χ2n) is 39.4. The number of nitrogens with one attached hydrogen (secondary N) is 17. The summed E-state index contributed by atoms with van der Waals surface area (Å²) in [5.74, 6) is -26.4. The van der Waals surface area contributed by atoms with Gasteiger partial charge in [0.15, 0.2) is 0 Å². The third-order valence-corrected chi connectivity index (χ3v) is 24.3. The Morgan fingerprint density at radius 1 is 0.456 bits per heavy atom. The van der Waals surface area contributed by atoms with Crippen molar-refractivity contribution in [2.45, 2.75) is 352 Å². The first-order valence-electron chi connectivity index (χ1n) is 49.7. The van der Waals surface area contributed by atoms with E-state index in [4.69, 9.17) is 22.9 Å². The summed E-state index contributed by atoms with van der Waals surface area (Å²) < 4.78 is 0. The molecule has 48 heteroatoms. The summed E-state index contributed by atoms with van der Waals surface area (Å²) in [5.41, 5.74) is 19.4. The standard InChI is InChI=1S/C99H153N21O27/c1-53(2)43-68(105-58(10)123)87(137)115-75(52-121)92(142)108-64(34-37-76(101)124)84(134)107-65(35-38-78(126)127)86(136)118-81(57(9)122)95(145)114-72(47-59-29-21-20-22-30-59)94(144)120-99(12)41-27-19-17-15-13-14-16-18-26-40-98(11,96(146)116-66(36-39-79(128)129)85(135)109-67(82(103)132)49-77(102)125)119-93(143)71(46-56(7)8)112-88(138)69(44-54(3)4)110-83(133)63(33-25-28-42-100)106-90(140)73(48-60-51-104-62-32-24-23-31-61(60)62)113-89(139)70(45-55(5)6)111-91(141)74(50-80(130)131)117-97(99)147/h14,16,20-24,29-32,51,53-57,63-75,81,104,121-122H,13,15,17-19,25-28,33-50,52,100H2,1-12H3,(H2,101,124)(H2,102,125)(H2,103,132)(H,105,123)(H,106,140)(H,107,134)(H,108,142)(H,109,135)(H,110,133)(H,111,141)(H,112,138)(H,113,139)(H,114,145)(H,115,137)(H,116,146)(H,117,147)(H,118,136)(H,119,143)(H,120,144)(H,126,127)(H,128,129)(H,130,131)/b16-14+/t57-,63+,64+,65+,66+,67+,68+,69+,70+,71+,72+,73+,74+,75+,81+,98+,99-/m1/s1. The SMILES string of the molecule is CC(=O)N[C@@H](CC(C)C)C(=O)N[C@@H](CO)C(=O)N[C@@H](CCC(N)=O)C(=O)N[C@@H](CCC(=O)O)C(=O)N[C@H](C(=O)N[C@@H](Cc1ccccc1)C(=O)N[C@]1(C)CCCCCC/C=C/CCC[C@@](C)(C(=O)N[C@@H](CCC(=O)O)C(=O)N[C@@H](CC(N)=O)C(N)=O)NC(=O)[C@H](CC(C)C)NC(=O)[C@H](CC(C)C)NC(=O)[C@H](CCCCN)NC(=O)[C@H](Cc2c[nH]c3ccccc23)NC(=O)[C@H](CC(C)C)NC(=O)[C@H](CC(=O)O)NC1=O)[C@@H](C)O. The average molecular weight is 2070 g/mol. The van der Waals surface area contributed by atoms with Gasteiger partial charge in [-0.1, -0.05) is 135 Å². The van der Waals surface area contributed by atoms with E-state index in [1.54, 1.807) is 128 Å². The Kier molecular flexibility index (Phi) is 53.4. The van der Waals surface area contributed by atoms with E-state index in [0.29, 0.717) is 47.7 Å². The van der Waals surface area contributed by atoms with Crippen LogP contribution in [0.5, 0.6) is 0 Å². The molecule has 1 aliphatic rings. The van der Waals surface area contributed by atoms with E-state index in [-0.39, 0.29) is 108 Å². The summed E-state index contributed by atoms with van der Waals surface area (Å²) in [4.78, 5) is 312. The number of carboxylic acid groups (broad SMARTS) is 3. The van der Waals surface area contributed by atoms with Gasteiger partial charge in [-0.15, -0.1) is 0 Å². The molecule has 0 radical (unpaired) electrons. The Morgan fingerprint density at radius 2 is 0.925 bits per heavy atom. The Bertz CT molecular complexity index is 5050. The van der Waals surface area contributed by atoms with Gasteiger partial charge in [0.25, 0.3) is 0 Å². The summed E-state index contributed by atoms with van der Waals surface area (Å²) >= 11 is 0. The minimum Gasteiger partial charge on any atom is -0.481 e. The predicted octanol–water partition coefficient (Wildman–Crippen LogP) is -1.89. The number of para-hydroxylation sites is 1.